The summed E-state index contributed by atoms with van der Waals surface area (Å²) < 4.78 is 18.4. The quantitative estimate of drug-likeness (QED) is 0.781. The lowest BCUT2D eigenvalue weighted by atomic mass is 10.2. The van der Waals surface area contributed by atoms with Crippen molar-refractivity contribution in [1.29, 1.82) is 0 Å². The maximum atomic E-state index is 13.0. The molecule has 0 aliphatic carbocycles. The van der Waals surface area contributed by atoms with Gasteiger partial charge in [-0.05, 0) is 30.3 Å². The van der Waals surface area contributed by atoms with Gasteiger partial charge in [-0.25, -0.2) is 4.39 Å². The fraction of sp³-hybridized carbons (Fsp3) is 0.0769. The predicted octanol–water partition coefficient (Wildman–Crippen LogP) is 4.06. The van der Waals surface area contributed by atoms with Crippen LogP contribution in [-0.4, -0.2) is 0 Å². The molecule has 0 bridgehead atoms. The molecule has 0 aliphatic rings. The monoisotopic (exact) mass is 236 g/mol. The van der Waals surface area contributed by atoms with Gasteiger partial charge in [0.05, 0.1) is 0 Å². The topological polar surface area (TPSA) is 9.23 Å². The van der Waals surface area contributed by atoms with E-state index in [1.807, 2.05) is 30.3 Å². The minimum Gasteiger partial charge on any atom is -0.489 e. The fourth-order valence-corrected chi connectivity index (χ4v) is 1.50. The van der Waals surface area contributed by atoms with Crippen molar-refractivity contribution < 1.29 is 9.13 Å². The molecule has 0 fully saturated rings. The normalized spacial score (nSPS) is 10.1. The van der Waals surface area contributed by atoms with Gasteiger partial charge in [0.15, 0.2) is 0 Å². The number of benzene rings is 2. The van der Waals surface area contributed by atoms with Gasteiger partial charge in [0.25, 0.3) is 0 Å². The van der Waals surface area contributed by atoms with Crippen molar-refractivity contribution >= 4 is 11.6 Å². The molecule has 0 spiro atoms. The molecule has 0 unspecified atom stereocenters. The number of ether oxygens (including phenoxy) is 1. The molecule has 1 nitrogen and oxygen atoms in total. The fourth-order valence-electron chi connectivity index (χ4n) is 1.33. The number of halogens is 2. The van der Waals surface area contributed by atoms with Gasteiger partial charge in [-0.1, -0.05) is 29.8 Å². The van der Waals surface area contributed by atoms with Gasteiger partial charge in [0.2, 0.25) is 0 Å². The third kappa shape index (κ3) is 2.74. The molecule has 0 N–H and O–H groups in total. The number of hydrogen-bond acceptors (Lipinski definition) is 1. The van der Waals surface area contributed by atoms with Gasteiger partial charge in [-0.2, -0.15) is 0 Å². The first-order valence-corrected chi connectivity index (χ1v) is 5.25. The first kappa shape index (κ1) is 11.0. The summed E-state index contributed by atoms with van der Waals surface area (Å²) >= 11 is 5.92. The lowest BCUT2D eigenvalue weighted by Crippen LogP contribution is -1.96. The highest BCUT2D eigenvalue weighted by atomic mass is 35.5. The van der Waals surface area contributed by atoms with Crippen LogP contribution in [0, 0.1) is 5.82 Å². The van der Waals surface area contributed by atoms with E-state index in [1.54, 1.807) is 0 Å². The van der Waals surface area contributed by atoms with Gasteiger partial charge in [0.1, 0.15) is 18.2 Å². The van der Waals surface area contributed by atoms with E-state index < -0.39 is 0 Å². The minimum atomic E-state index is -0.309. The van der Waals surface area contributed by atoms with E-state index in [0.717, 1.165) is 5.75 Å². The van der Waals surface area contributed by atoms with E-state index in [9.17, 15) is 4.39 Å². The summed E-state index contributed by atoms with van der Waals surface area (Å²) in [6, 6.07) is 13.6. The smallest absolute Gasteiger partial charge is 0.123 e. The van der Waals surface area contributed by atoms with Crippen LogP contribution in [0.3, 0.4) is 0 Å². The van der Waals surface area contributed by atoms with Crippen molar-refractivity contribution in [2.45, 2.75) is 6.61 Å². The maximum absolute atomic E-state index is 13.0. The second-order valence-corrected chi connectivity index (χ2v) is 3.74. The van der Waals surface area contributed by atoms with Gasteiger partial charge in [-0.3, -0.25) is 0 Å². The van der Waals surface area contributed by atoms with Gasteiger partial charge in [0, 0.05) is 10.6 Å². The predicted molar refractivity (Wildman–Crippen MR) is 62.2 cm³/mol. The Labute approximate surface area is 98.4 Å². The van der Waals surface area contributed by atoms with E-state index in [1.165, 1.54) is 18.2 Å². The Balaban J connectivity index is 2.08. The molecule has 0 radical (unpaired) electrons. The molecular weight excluding hydrogens is 227 g/mol. The summed E-state index contributed by atoms with van der Waals surface area (Å²) in [6.07, 6.45) is 0. The summed E-state index contributed by atoms with van der Waals surface area (Å²) in [5.74, 6) is 0.430. The van der Waals surface area contributed by atoms with E-state index in [4.69, 9.17) is 16.3 Å². The molecule has 0 saturated carbocycles. The largest absolute Gasteiger partial charge is 0.489 e. The Morgan fingerprint density at radius 3 is 2.56 bits per heavy atom. The molecule has 0 atom stereocenters. The molecule has 2 aromatic rings. The maximum Gasteiger partial charge on any atom is 0.123 e. The third-order valence-corrected chi connectivity index (χ3v) is 2.51. The Morgan fingerprint density at radius 1 is 1.06 bits per heavy atom. The average molecular weight is 237 g/mol. The highest BCUT2D eigenvalue weighted by Crippen LogP contribution is 2.19. The zero-order valence-electron chi connectivity index (χ0n) is 8.49. The second kappa shape index (κ2) is 4.99. The molecule has 82 valence electrons. The van der Waals surface area contributed by atoms with Crippen LogP contribution >= 0.6 is 11.6 Å². The van der Waals surface area contributed by atoms with E-state index in [0.29, 0.717) is 10.6 Å². The van der Waals surface area contributed by atoms with Crippen LogP contribution in [-0.2, 0) is 6.61 Å². The molecule has 0 aromatic heterocycles. The van der Waals surface area contributed by atoms with Crippen LogP contribution < -0.4 is 4.74 Å². The first-order chi connectivity index (χ1) is 7.75. The summed E-state index contributed by atoms with van der Waals surface area (Å²) in [7, 11) is 0. The summed E-state index contributed by atoms with van der Waals surface area (Å²) in [4.78, 5) is 0. The van der Waals surface area contributed by atoms with Gasteiger partial charge >= 0.3 is 0 Å². The average Bonchev–Trinajstić information content (AvgIpc) is 2.32. The Kier molecular flexibility index (Phi) is 3.42. The third-order valence-electron chi connectivity index (χ3n) is 2.15. The lowest BCUT2D eigenvalue weighted by molar-refractivity contribution is 0.305. The SMILES string of the molecule is Fc1ccc(Cl)c(COc2ccccc2)c1. The molecular formula is C13H10ClFO. The summed E-state index contributed by atoms with van der Waals surface area (Å²) in [5.41, 5.74) is 0.644. The second-order valence-electron chi connectivity index (χ2n) is 3.34. The molecule has 3 heteroatoms. The van der Waals surface area contributed by atoms with Crippen LogP contribution in [0.25, 0.3) is 0 Å². The van der Waals surface area contributed by atoms with Crippen LogP contribution in [0.2, 0.25) is 5.02 Å². The first-order valence-electron chi connectivity index (χ1n) is 4.87. The van der Waals surface area contributed by atoms with Crippen LogP contribution in [0.5, 0.6) is 5.75 Å². The highest BCUT2D eigenvalue weighted by Gasteiger charge is 2.02. The summed E-state index contributed by atoms with van der Waals surface area (Å²) in [5, 5.41) is 0.511. The zero-order valence-corrected chi connectivity index (χ0v) is 9.25. The highest BCUT2D eigenvalue weighted by molar-refractivity contribution is 6.31. The number of rotatable bonds is 3. The van der Waals surface area contributed by atoms with Gasteiger partial charge in [-0.15, -0.1) is 0 Å². The lowest BCUT2D eigenvalue weighted by Gasteiger charge is -2.07. The van der Waals surface area contributed by atoms with Crippen LogP contribution in [0.15, 0.2) is 48.5 Å². The van der Waals surface area contributed by atoms with Gasteiger partial charge < -0.3 is 4.74 Å². The van der Waals surface area contributed by atoms with Crippen molar-refractivity contribution in [2.24, 2.45) is 0 Å². The standard InChI is InChI=1S/C13H10ClFO/c14-13-7-6-11(15)8-10(13)9-16-12-4-2-1-3-5-12/h1-8H,9H2. The van der Waals surface area contributed by atoms with Crippen molar-refractivity contribution in [3.63, 3.8) is 0 Å². The van der Waals surface area contributed by atoms with Crippen molar-refractivity contribution in [1.82, 2.24) is 0 Å². The van der Waals surface area contributed by atoms with Crippen LogP contribution in [0.1, 0.15) is 5.56 Å². The zero-order chi connectivity index (χ0) is 11.4. The molecule has 2 aromatic carbocycles. The van der Waals surface area contributed by atoms with Crippen molar-refractivity contribution in [3.05, 3.63) is 64.9 Å². The van der Waals surface area contributed by atoms with E-state index in [2.05, 4.69) is 0 Å². The number of para-hydroxylation sites is 1. The van der Waals surface area contributed by atoms with Crippen molar-refractivity contribution in [3.8, 4) is 5.75 Å². The van der Waals surface area contributed by atoms with E-state index in [-0.39, 0.29) is 12.4 Å². The number of hydrogen-bond donors (Lipinski definition) is 0. The van der Waals surface area contributed by atoms with E-state index >= 15 is 0 Å². The van der Waals surface area contributed by atoms with Crippen LogP contribution in [0.4, 0.5) is 4.39 Å². The molecule has 2 rings (SSSR count). The molecule has 16 heavy (non-hydrogen) atoms. The molecule has 0 heterocycles. The Bertz CT molecular complexity index is 471. The summed E-state index contributed by atoms with van der Waals surface area (Å²) in [6.45, 7) is 0.264. The molecule has 0 amide bonds. The minimum absolute atomic E-state index is 0.264. The Hall–Kier alpha value is -1.54. The molecule has 0 aliphatic heterocycles. The molecule has 0 saturated heterocycles. The Morgan fingerprint density at radius 2 is 1.81 bits per heavy atom. The van der Waals surface area contributed by atoms with Crippen molar-refractivity contribution in [2.75, 3.05) is 0 Å².